The van der Waals surface area contributed by atoms with E-state index in [0.717, 1.165) is 11.4 Å². The van der Waals surface area contributed by atoms with Crippen LogP contribution in [0, 0.1) is 0 Å². The lowest BCUT2D eigenvalue weighted by molar-refractivity contribution is 1.54. The monoisotopic (exact) mass is 295 g/mol. The van der Waals surface area contributed by atoms with Crippen molar-refractivity contribution in [2.45, 2.75) is 0 Å². The molecule has 23 heavy (non-hydrogen) atoms. The molecule has 4 rings (SSSR count). The second-order valence-corrected chi connectivity index (χ2v) is 5.60. The Labute approximate surface area is 136 Å². The Balaban J connectivity index is 1.76. The number of rotatable bonds is 3. The van der Waals surface area contributed by atoms with Crippen molar-refractivity contribution in [1.29, 1.82) is 0 Å². The second-order valence-electron chi connectivity index (χ2n) is 5.60. The van der Waals surface area contributed by atoms with Gasteiger partial charge in [0.2, 0.25) is 0 Å². The average molecular weight is 295 g/mol. The highest BCUT2D eigenvalue weighted by Gasteiger charge is 2.04. The van der Waals surface area contributed by atoms with Crippen LogP contribution in [0.1, 0.15) is 0 Å². The van der Waals surface area contributed by atoms with Gasteiger partial charge in [0.1, 0.15) is 0 Å². The second kappa shape index (κ2) is 5.98. The van der Waals surface area contributed by atoms with Crippen molar-refractivity contribution in [3.63, 3.8) is 0 Å². The zero-order valence-corrected chi connectivity index (χ0v) is 12.7. The van der Waals surface area contributed by atoms with Gasteiger partial charge in [-0.3, -0.25) is 0 Å². The topological polar surface area (TPSA) is 12.0 Å². The Morgan fingerprint density at radius 3 is 2.13 bits per heavy atom. The first kappa shape index (κ1) is 13.6. The summed E-state index contributed by atoms with van der Waals surface area (Å²) in [6.07, 6.45) is 0. The van der Waals surface area contributed by atoms with E-state index in [9.17, 15) is 0 Å². The van der Waals surface area contributed by atoms with Gasteiger partial charge in [-0.1, -0.05) is 72.8 Å². The molecule has 0 amide bonds. The van der Waals surface area contributed by atoms with Crippen LogP contribution in [0.2, 0.25) is 0 Å². The van der Waals surface area contributed by atoms with Crippen molar-refractivity contribution in [1.82, 2.24) is 0 Å². The Hall–Kier alpha value is -3.06. The first-order chi connectivity index (χ1) is 11.4. The summed E-state index contributed by atoms with van der Waals surface area (Å²) in [5.74, 6) is 0. The summed E-state index contributed by atoms with van der Waals surface area (Å²) in [5.41, 5.74) is 4.69. The smallest absolute Gasteiger partial charge is 0.0390 e. The molecule has 4 aromatic carbocycles. The lowest BCUT2D eigenvalue weighted by atomic mass is 9.98. The van der Waals surface area contributed by atoms with Crippen molar-refractivity contribution in [3.05, 3.63) is 97.1 Å². The van der Waals surface area contributed by atoms with Crippen molar-refractivity contribution < 1.29 is 0 Å². The maximum atomic E-state index is 3.46. The number of benzene rings is 4. The molecule has 0 atom stereocenters. The molecular weight excluding hydrogens is 278 g/mol. The van der Waals surface area contributed by atoms with Crippen LogP contribution >= 0.6 is 0 Å². The lowest BCUT2D eigenvalue weighted by Gasteiger charge is -2.10. The van der Waals surface area contributed by atoms with Crippen LogP contribution in [0.5, 0.6) is 0 Å². The van der Waals surface area contributed by atoms with E-state index in [1.165, 1.54) is 21.9 Å². The van der Waals surface area contributed by atoms with Gasteiger partial charge in [0.25, 0.3) is 0 Å². The molecule has 0 spiro atoms. The molecule has 4 aromatic rings. The lowest BCUT2D eigenvalue weighted by Crippen LogP contribution is -1.90. The fourth-order valence-corrected chi connectivity index (χ4v) is 2.93. The molecule has 0 aliphatic heterocycles. The summed E-state index contributed by atoms with van der Waals surface area (Å²) < 4.78 is 0. The summed E-state index contributed by atoms with van der Waals surface area (Å²) in [7, 11) is 0. The van der Waals surface area contributed by atoms with Crippen LogP contribution in [0.15, 0.2) is 97.1 Å². The van der Waals surface area contributed by atoms with E-state index in [4.69, 9.17) is 0 Å². The molecule has 0 saturated heterocycles. The molecule has 0 unspecified atom stereocenters. The zero-order chi connectivity index (χ0) is 15.5. The third kappa shape index (κ3) is 2.82. The Bertz CT molecular complexity index is 937. The third-order valence-electron chi connectivity index (χ3n) is 4.03. The molecule has 0 bridgehead atoms. The maximum absolute atomic E-state index is 3.46. The predicted molar refractivity (Wildman–Crippen MR) is 99.1 cm³/mol. The van der Waals surface area contributed by atoms with Crippen LogP contribution in [0.4, 0.5) is 11.4 Å². The standard InChI is InChI=1S/C22H17N/c1-2-11-19(12-3-1)23-20-13-6-10-18(16-20)22-15-7-9-17-8-4-5-14-21(17)22/h1-16,23H. The average Bonchev–Trinajstić information content (AvgIpc) is 2.62. The Kier molecular flexibility index (Phi) is 3.53. The number of hydrogen-bond acceptors (Lipinski definition) is 1. The molecule has 0 saturated carbocycles. The van der Waals surface area contributed by atoms with Crippen molar-refractivity contribution >= 4 is 22.1 Å². The molecule has 0 aromatic heterocycles. The summed E-state index contributed by atoms with van der Waals surface area (Å²) in [6, 6.07) is 33.8. The summed E-state index contributed by atoms with van der Waals surface area (Å²) >= 11 is 0. The third-order valence-corrected chi connectivity index (χ3v) is 4.03. The van der Waals surface area contributed by atoms with E-state index in [2.05, 4.69) is 84.2 Å². The molecule has 0 aliphatic carbocycles. The normalized spacial score (nSPS) is 10.6. The van der Waals surface area contributed by atoms with Gasteiger partial charge in [-0.15, -0.1) is 0 Å². The number of nitrogens with one attached hydrogen (secondary N) is 1. The van der Waals surface area contributed by atoms with Gasteiger partial charge >= 0.3 is 0 Å². The molecule has 0 radical (unpaired) electrons. The van der Waals surface area contributed by atoms with Gasteiger partial charge in [0.05, 0.1) is 0 Å². The summed E-state index contributed by atoms with van der Waals surface area (Å²) in [6.45, 7) is 0. The van der Waals surface area contributed by atoms with E-state index in [0.29, 0.717) is 0 Å². The molecule has 1 nitrogen and oxygen atoms in total. The van der Waals surface area contributed by atoms with Crippen molar-refractivity contribution in [2.24, 2.45) is 0 Å². The number of fused-ring (bicyclic) bond motifs is 1. The number of para-hydroxylation sites is 1. The minimum absolute atomic E-state index is 1.10. The van der Waals surface area contributed by atoms with Gasteiger partial charge in [-0.25, -0.2) is 0 Å². The molecule has 1 N–H and O–H groups in total. The summed E-state index contributed by atoms with van der Waals surface area (Å²) in [5, 5.41) is 6.02. The van der Waals surface area contributed by atoms with Crippen LogP contribution in [-0.2, 0) is 0 Å². The van der Waals surface area contributed by atoms with Gasteiger partial charge in [0.15, 0.2) is 0 Å². The minimum atomic E-state index is 1.10. The number of anilines is 2. The van der Waals surface area contributed by atoms with Crippen LogP contribution in [-0.4, -0.2) is 0 Å². The van der Waals surface area contributed by atoms with Crippen LogP contribution in [0.25, 0.3) is 21.9 Å². The van der Waals surface area contributed by atoms with Crippen LogP contribution in [0.3, 0.4) is 0 Å². The molecule has 1 heteroatoms. The quantitative estimate of drug-likeness (QED) is 0.471. The van der Waals surface area contributed by atoms with Crippen LogP contribution < -0.4 is 5.32 Å². The predicted octanol–water partition coefficient (Wildman–Crippen LogP) is 6.25. The van der Waals surface area contributed by atoms with E-state index < -0.39 is 0 Å². The molecule has 0 aliphatic rings. The fraction of sp³-hybridized carbons (Fsp3) is 0. The zero-order valence-electron chi connectivity index (χ0n) is 12.7. The SMILES string of the molecule is c1ccc(Nc2cccc(-c3cccc4ccccc34)c2)cc1. The van der Waals surface area contributed by atoms with Gasteiger partial charge in [0, 0.05) is 11.4 Å². The Morgan fingerprint density at radius 2 is 1.22 bits per heavy atom. The fourth-order valence-electron chi connectivity index (χ4n) is 2.93. The highest BCUT2D eigenvalue weighted by molar-refractivity contribution is 5.97. The first-order valence-corrected chi connectivity index (χ1v) is 7.80. The Morgan fingerprint density at radius 1 is 0.522 bits per heavy atom. The molecular formula is C22H17N. The molecule has 0 fully saturated rings. The molecule has 0 heterocycles. The van der Waals surface area contributed by atoms with Crippen molar-refractivity contribution in [2.75, 3.05) is 5.32 Å². The highest BCUT2D eigenvalue weighted by atomic mass is 14.9. The number of hydrogen-bond donors (Lipinski definition) is 1. The highest BCUT2D eigenvalue weighted by Crippen LogP contribution is 2.30. The van der Waals surface area contributed by atoms with Gasteiger partial charge < -0.3 is 5.32 Å². The van der Waals surface area contributed by atoms with E-state index in [-0.39, 0.29) is 0 Å². The largest absolute Gasteiger partial charge is 0.356 e. The van der Waals surface area contributed by atoms with E-state index in [1.807, 2.05) is 18.2 Å². The molecule has 110 valence electrons. The maximum Gasteiger partial charge on any atom is 0.0390 e. The minimum Gasteiger partial charge on any atom is -0.356 e. The van der Waals surface area contributed by atoms with Gasteiger partial charge in [-0.2, -0.15) is 0 Å². The summed E-state index contributed by atoms with van der Waals surface area (Å²) in [4.78, 5) is 0. The van der Waals surface area contributed by atoms with E-state index in [1.54, 1.807) is 0 Å². The first-order valence-electron chi connectivity index (χ1n) is 7.80. The van der Waals surface area contributed by atoms with Gasteiger partial charge in [-0.05, 0) is 46.2 Å². The van der Waals surface area contributed by atoms with Crippen molar-refractivity contribution in [3.8, 4) is 11.1 Å². The van der Waals surface area contributed by atoms with E-state index >= 15 is 0 Å².